The standard InChI is InChI=1S/C16H19FN4O2S/c1-11(22)20-16-19-8-14(24-16)10-21-6-2-3-13(9-21)23-15-5-4-12(17)7-18-15/h4-5,7-8,13H,2-3,6,9-10H2,1H3,(H,19,20,22)/t13-/m1/s1. The molecule has 0 bridgehead atoms. The number of nitrogens with zero attached hydrogens (tertiary/aromatic N) is 3. The zero-order valence-electron chi connectivity index (χ0n) is 13.4. The van der Waals surface area contributed by atoms with Crippen molar-refractivity contribution in [2.45, 2.75) is 32.4 Å². The number of nitrogens with one attached hydrogen (secondary N) is 1. The summed E-state index contributed by atoms with van der Waals surface area (Å²) in [7, 11) is 0. The van der Waals surface area contributed by atoms with Crippen LogP contribution in [0.25, 0.3) is 0 Å². The average Bonchev–Trinajstić information content (AvgIpc) is 2.96. The van der Waals surface area contributed by atoms with Gasteiger partial charge >= 0.3 is 0 Å². The van der Waals surface area contributed by atoms with E-state index in [-0.39, 0.29) is 17.8 Å². The molecule has 0 saturated carbocycles. The van der Waals surface area contributed by atoms with Gasteiger partial charge in [-0.05, 0) is 25.5 Å². The van der Waals surface area contributed by atoms with E-state index in [1.54, 1.807) is 12.3 Å². The van der Waals surface area contributed by atoms with E-state index in [1.807, 2.05) is 0 Å². The predicted octanol–water partition coefficient (Wildman–Crippen LogP) is 2.68. The van der Waals surface area contributed by atoms with Crippen LogP contribution in [0.3, 0.4) is 0 Å². The lowest BCUT2D eigenvalue weighted by Gasteiger charge is -2.32. The molecule has 1 aliphatic heterocycles. The molecule has 1 N–H and O–H groups in total. The first-order valence-electron chi connectivity index (χ1n) is 7.81. The fourth-order valence-corrected chi connectivity index (χ4v) is 3.57. The number of anilines is 1. The van der Waals surface area contributed by atoms with Crippen LogP contribution in [0.4, 0.5) is 9.52 Å². The second-order valence-corrected chi connectivity index (χ2v) is 6.86. The average molecular weight is 350 g/mol. The van der Waals surface area contributed by atoms with E-state index in [0.717, 1.165) is 43.5 Å². The van der Waals surface area contributed by atoms with Crippen molar-refractivity contribution in [1.82, 2.24) is 14.9 Å². The molecule has 1 aliphatic rings. The summed E-state index contributed by atoms with van der Waals surface area (Å²) in [6.07, 6.45) is 4.98. The number of likely N-dealkylation sites (tertiary alicyclic amines) is 1. The first kappa shape index (κ1) is 16.8. The lowest BCUT2D eigenvalue weighted by Crippen LogP contribution is -2.40. The minimum absolute atomic E-state index is 0.0412. The smallest absolute Gasteiger partial charge is 0.223 e. The van der Waals surface area contributed by atoms with Gasteiger partial charge in [-0.2, -0.15) is 0 Å². The van der Waals surface area contributed by atoms with Gasteiger partial charge in [0.05, 0.1) is 6.20 Å². The van der Waals surface area contributed by atoms with Gasteiger partial charge in [0.2, 0.25) is 11.8 Å². The molecule has 8 heteroatoms. The van der Waals surface area contributed by atoms with Crippen LogP contribution < -0.4 is 10.1 Å². The van der Waals surface area contributed by atoms with E-state index >= 15 is 0 Å². The highest BCUT2D eigenvalue weighted by Crippen LogP contribution is 2.23. The molecule has 1 saturated heterocycles. The highest BCUT2D eigenvalue weighted by atomic mass is 32.1. The van der Waals surface area contributed by atoms with Gasteiger partial charge in [-0.3, -0.25) is 9.69 Å². The summed E-state index contributed by atoms with van der Waals surface area (Å²) in [5.41, 5.74) is 0. The van der Waals surface area contributed by atoms with Crippen molar-refractivity contribution in [1.29, 1.82) is 0 Å². The highest BCUT2D eigenvalue weighted by Gasteiger charge is 2.22. The lowest BCUT2D eigenvalue weighted by molar-refractivity contribution is -0.114. The zero-order valence-corrected chi connectivity index (χ0v) is 14.2. The van der Waals surface area contributed by atoms with Crippen LogP contribution in [0.5, 0.6) is 5.88 Å². The molecule has 1 amide bonds. The topological polar surface area (TPSA) is 67.4 Å². The Balaban J connectivity index is 1.54. The van der Waals surface area contributed by atoms with E-state index in [1.165, 1.54) is 24.3 Å². The molecule has 0 aromatic carbocycles. The Bertz CT molecular complexity index is 692. The van der Waals surface area contributed by atoms with Crippen LogP contribution in [0.15, 0.2) is 24.5 Å². The van der Waals surface area contributed by atoms with Gasteiger partial charge in [-0.15, -0.1) is 11.3 Å². The quantitative estimate of drug-likeness (QED) is 0.898. The van der Waals surface area contributed by atoms with Gasteiger partial charge in [0.1, 0.15) is 11.9 Å². The molecule has 0 spiro atoms. The second-order valence-electron chi connectivity index (χ2n) is 5.74. The second kappa shape index (κ2) is 7.67. The van der Waals surface area contributed by atoms with E-state index in [0.29, 0.717) is 11.0 Å². The summed E-state index contributed by atoms with van der Waals surface area (Å²) in [6, 6.07) is 2.90. The molecular formula is C16H19FN4O2S. The number of carbonyl (C=O) groups is 1. The Morgan fingerprint density at radius 2 is 2.33 bits per heavy atom. The number of aromatic nitrogens is 2. The third-order valence-electron chi connectivity index (χ3n) is 3.67. The van der Waals surface area contributed by atoms with Crippen molar-refractivity contribution < 1.29 is 13.9 Å². The van der Waals surface area contributed by atoms with Gasteiger partial charge in [-0.1, -0.05) is 0 Å². The van der Waals surface area contributed by atoms with Gasteiger partial charge in [0, 0.05) is 37.2 Å². The van der Waals surface area contributed by atoms with Crippen molar-refractivity contribution in [3.05, 3.63) is 35.2 Å². The SMILES string of the molecule is CC(=O)Nc1ncc(CN2CCC[C@@H](Oc3ccc(F)cn3)C2)s1. The summed E-state index contributed by atoms with van der Waals surface area (Å²) in [5, 5.41) is 3.32. The Labute approximate surface area is 143 Å². The summed E-state index contributed by atoms with van der Waals surface area (Å²) < 4.78 is 18.7. The maximum Gasteiger partial charge on any atom is 0.223 e. The Hall–Kier alpha value is -2.06. The Morgan fingerprint density at radius 1 is 1.46 bits per heavy atom. The molecule has 0 unspecified atom stereocenters. The third-order valence-corrected chi connectivity index (χ3v) is 4.56. The van der Waals surface area contributed by atoms with Crippen molar-refractivity contribution >= 4 is 22.4 Å². The van der Waals surface area contributed by atoms with Crippen LogP contribution in [-0.2, 0) is 11.3 Å². The first-order chi connectivity index (χ1) is 11.6. The highest BCUT2D eigenvalue weighted by molar-refractivity contribution is 7.15. The van der Waals surface area contributed by atoms with Crippen molar-refractivity contribution in [3.63, 3.8) is 0 Å². The van der Waals surface area contributed by atoms with Crippen LogP contribution in [0.1, 0.15) is 24.6 Å². The van der Waals surface area contributed by atoms with Crippen molar-refractivity contribution in [2.75, 3.05) is 18.4 Å². The molecule has 2 aromatic rings. The summed E-state index contributed by atoms with van der Waals surface area (Å²) >= 11 is 1.48. The van der Waals surface area contributed by atoms with Crippen LogP contribution in [0.2, 0.25) is 0 Å². The third kappa shape index (κ3) is 4.72. The minimum atomic E-state index is -0.368. The number of piperidine rings is 1. The lowest BCUT2D eigenvalue weighted by atomic mass is 10.1. The number of rotatable bonds is 5. The molecule has 3 heterocycles. The molecule has 6 nitrogen and oxygen atoms in total. The number of carbonyl (C=O) groups excluding carboxylic acids is 1. The van der Waals surface area contributed by atoms with E-state index in [2.05, 4.69) is 20.2 Å². The maximum absolute atomic E-state index is 12.9. The maximum atomic E-state index is 12.9. The number of halogens is 1. The van der Waals surface area contributed by atoms with Gasteiger partial charge < -0.3 is 10.1 Å². The number of ether oxygens (including phenoxy) is 1. The normalized spacial score (nSPS) is 18.3. The summed E-state index contributed by atoms with van der Waals surface area (Å²) in [5.74, 6) is -0.0316. The van der Waals surface area contributed by atoms with Gasteiger partial charge in [-0.25, -0.2) is 14.4 Å². The first-order valence-corrected chi connectivity index (χ1v) is 8.63. The van der Waals surface area contributed by atoms with Crippen molar-refractivity contribution in [3.8, 4) is 5.88 Å². The summed E-state index contributed by atoms with van der Waals surface area (Å²) in [4.78, 5) is 22.6. The molecule has 2 aromatic heterocycles. The minimum Gasteiger partial charge on any atom is -0.473 e. The molecule has 0 radical (unpaired) electrons. The summed E-state index contributed by atoms with van der Waals surface area (Å²) in [6.45, 7) is 4.02. The molecule has 3 rings (SSSR count). The molecule has 128 valence electrons. The number of thiazole rings is 1. The van der Waals surface area contributed by atoms with Gasteiger partial charge in [0.25, 0.3) is 0 Å². The molecular weight excluding hydrogens is 331 g/mol. The largest absolute Gasteiger partial charge is 0.473 e. The predicted molar refractivity (Wildman–Crippen MR) is 89.5 cm³/mol. The van der Waals surface area contributed by atoms with Crippen molar-refractivity contribution in [2.24, 2.45) is 0 Å². The monoisotopic (exact) mass is 350 g/mol. The number of hydrogen-bond acceptors (Lipinski definition) is 6. The molecule has 0 aliphatic carbocycles. The van der Waals surface area contributed by atoms with Crippen LogP contribution >= 0.6 is 11.3 Å². The fourth-order valence-electron chi connectivity index (χ4n) is 2.67. The van der Waals surface area contributed by atoms with Crippen LogP contribution in [-0.4, -0.2) is 40.0 Å². The molecule has 1 atom stereocenters. The number of hydrogen-bond donors (Lipinski definition) is 1. The van der Waals surface area contributed by atoms with E-state index in [9.17, 15) is 9.18 Å². The molecule has 1 fully saturated rings. The number of amides is 1. The number of pyridine rings is 1. The molecule has 24 heavy (non-hydrogen) atoms. The van der Waals surface area contributed by atoms with E-state index < -0.39 is 0 Å². The Kier molecular flexibility index (Phi) is 5.37. The van der Waals surface area contributed by atoms with Crippen LogP contribution in [0, 0.1) is 5.82 Å². The fraction of sp³-hybridized carbons (Fsp3) is 0.438. The zero-order chi connectivity index (χ0) is 16.9. The Morgan fingerprint density at radius 3 is 3.08 bits per heavy atom. The van der Waals surface area contributed by atoms with Gasteiger partial charge in [0.15, 0.2) is 5.13 Å². The van der Waals surface area contributed by atoms with E-state index in [4.69, 9.17) is 4.74 Å².